The third kappa shape index (κ3) is 3.93. The molecule has 1 heterocycles. The third-order valence-corrected chi connectivity index (χ3v) is 5.06. The van der Waals surface area contributed by atoms with E-state index >= 15 is 0 Å². The van der Waals surface area contributed by atoms with Crippen LogP contribution in [0.3, 0.4) is 0 Å². The van der Waals surface area contributed by atoms with Gasteiger partial charge in [-0.05, 0) is 25.5 Å². The second kappa shape index (κ2) is 7.03. The highest BCUT2D eigenvalue weighted by molar-refractivity contribution is 7.89. The van der Waals surface area contributed by atoms with Gasteiger partial charge in [0.05, 0.1) is 12.0 Å². The van der Waals surface area contributed by atoms with Gasteiger partial charge < -0.3 is 10.1 Å². The molecule has 22 heavy (non-hydrogen) atoms. The first-order chi connectivity index (χ1) is 10.4. The average Bonchev–Trinajstić information content (AvgIpc) is 2.74. The molecule has 1 aliphatic heterocycles. The molecule has 1 aromatic carbocycles. The number of benzene rings is 1. The molecule has 0 spiro atoms. The molecule has 9 heteroatoms. The second-order valence-electron chi connectivity index (χ2n) is 5.11. The SMILES string of the molecule is COc1ccc([N+](=O)[O-])cc1S(=O)(=O)NC1CCCCNC1. The van der Waals surface area contributed by atoms with Gasteiger partial charge in [-0.3, -0.25) is 10.1 Å². The first-order valence-corrected chi connectivity index (χ1v) is 8.48. The Morgan fingerprint density at radius 1 is 1.41 bits per heavy atom. The van der Waals surface area contributed by atoms with E-state index in [0.717, 1.165) is 31.9 Å². The highest BCUT2D eigenvalue weighted by atomic mass is 32.2. The lowest BCUT2D eigenvalue weighted by Gasteiger charge is -2.17. The molecule has 0 bridgehead atoms. The van der Waals surface area contributed by atoms with Crippen molar-refractivity contribution in [3.05, 3.63) is 28.3 Å². The maximum absolute atomic E-state index is 12.5. The molecule has 1 aliphatic rings. The fraction of sp³-hybridized carbons (Fsp3) is 0.538. The fourth-order valence-corrected chi connectivity index (χ4v) is 3.85. The van der Waals surface area contributed by atoms with Crippen LogP contribution in [0.4, 0.5) is 5.69 Å². The van der Waals surface area contributed by atoms with Gasteiger partial charge in [0.1, 0.15) is 10.6 Å². The molecule has 0 aromatic heterocycles. The Balaban J connectivity index is 2.30. The minimum atomic E-state index is -3.89. The quantitative estimate of drug-likeness (QED) is 0.616. The van der Waals surface area contributed by atoms with Gasteiger partial charge in [0.2, 0.25) is 10.0 Å². The van der Waals surface area contributed by atoms with Gasteiger partial charge >= 0.3 is 0 Å². The maximum Gasteiger partial charge on any atom is 0.271 e. The number of nitrogens with zero attached hydrogens (tertiary/aromatic N) is 1. The molecule has 1 aromatic rings. The van der Waals surface area contributed by atoms with E-state index in [4.69, 9.17) is 4.74 Å². The molecule has 2 N–H and O–H groups in total. The van der Waals surface area contributed by atoms with E-state index in [1.54, 1.807) is 0 Å². The molecule has 2 rings (SSSR count). The monoisotopic (exact) mass is 329 g/mol. The first-order valence-electron chi connectivity index (χ1n) is 6.99. The van der Waals surface area contributed by atoms with Crippen molar-refractivity contribution in [3.8, 4) is 5.75 Å². The van der Waals surface area contributed by atoms with E-state index in [9.17, 15) is 18.5 Å². The molecule has 0 amide bonds. The number of nitrogens with one attached hydrogen (secondary N) is 2. The normalized spacial score (nSPS) is 19.4. The predicted molar refractivity (Wildman–Crippen MR) is 80.5 cm³/mol. The van der Waals surface area contributed by atoms with Gasteiger partial charge in [0, 0.05) is 24.7 Å². The minimum Gasteiger partial charge on any atom is -0.495 e. The summed E-state index contributed by atoms with van der Waals surface area (Å²) in [5.74, 6) is 0.0830. The summed E-state index contributed by atoms with van der Waals surface area (Å²) >= 11 is 0. The number of sulfonamides is 1. The zero-order valence-electron chi connectivity index (χ0n) is 12.2. The van der Waals surface area contributed by atoms with Crippen LogP contribution in [0.5, 0.6) is 5.75 Å². The molecule has 1 fully saturated rings. The van der Waals surface area contributed by atoms with Crippen LogP contribution < -0.4 is 14.8 Å². The van der Waals surface area contributed by atoms with Crippen molar-refractivity contribution in [2.24, 2.45) is 0 Å². The number of rotatable bonds is 5. The number of methoxy groups -OCH3 is 1. The Bertz CT molecular complexity index is 639. The summed E-state index contributed by atoms with van der Waals surface area (Å²) in [4.78, 5) is 10.0. The summed E-state index contributed by atoms with van der Waals surface area (Å²) in [6.45, 7) is 1.40. The van der Waals surface area contributed by atoms with Gasteiger partial charge in [0.15, 0.2) is 0 Å². The summed E-state index contributed by atoms with van der Waals surface area (Å²) in [5, 5.41) is 14.0. The van der Waals surface area contributed by atoms with Gasteiger partial charge in [0.25, 0.3) is 5.69 Å². The molecular formula is C13H19N3O5S. The van der Waals surface area contributed by atoms with Crippen LogP contribution in [0.25, 0.3) is 0 Å². The van der Waals surface area contributed by atoms with E-state index in [1.807, 2.05) is 0 Å². The number of ether oxygens (including phenoxy) is 1. The maximum atomic E-state index is 12.5. The van der Waals surface area contributed by atoms with Crippen molar-refractivity contribution in [2.45, 2.75) is 30.2 Å². The van der Waals surface area contributed by atoms with Gasteiger partial charge in [-0.15, -0.1) is 0 Å². The highest BCUT2D eigenvalue weighted by Gasteiger charge is 2.26. The first kappa shape index (κ1) is 16.7. The standard InChI is InChI=1S/C13H19N3O5S/c1-21-12-6-5-11(16(17)18)8-13(12)22(19,20)15-10-4-2-3-7-14-9-10/h5-6,8,10,14-15H,2-4,7,9H2,1H3. The van der Waals surface area contributed by atoms with Gasteiger partial charge in [-0.1, -0.05) is 6.42 Å². The number of nitro groups is 1. The molecule has 8 nitrogen and oxygen atoms in total. The number of hydrogen-bond donors (Lipinski definition) is 2. The Hall–Kier alpha value is -1.71. The predicted octanol–water partition coefficient (Wildman–Crippen LogP) is 1.02. The van der Waals surface area contributed by atoms with E-state index in [0.29, 0.717) is 6.54 Å². The summed E-state index contributed by atoms with van der Waals surface area (Å²) in [6.07, 6.45) is 2.65. The molecule has 0 aliphatic carbocycles. The Kier molecular flexibility index (Phi) is 5.33. The van der Waals surface area contributed by atoms with Crippen molar-refractivity contribution < 1.29 is 18.1 Å². The zero-order chi connectivity index (χ0) is 16.2. The lowest BCUT2D eigenvalue weighted by Crippen LogP contribution is -2.40. The smallest absolute Gasteiger partial charge is 0.271 e. The Labute approximate surface area is 129 Å². The van der Waals surface area contributed by atoms with Gasteiger partial charge in [-0.25, -0.2) is 13.1 Å². The number of non-ortho nitro benzene ring substituents is 1. The number of hydrogen-bond acceptors (Lipinski definition) is 6. The summed E-state index contributed by atoms with van der Waals surface area (Å²) in [6, 6.07) is 3.28. The summed E-state index contributed by atoms with van der Waals surface area (Å²) in [5.41, 5.74) is -0.292. The van der Waals surface area contributed by atoms with Crippen LogP contribution in [-0.4, -0.2) is 39.6 Å². The lowest BCUT2D eigenvalue weighted by atomic mass is 10.2. The molecule has 1 unspecified atom stereocenters. The van der Waals surface area contributed by atoms with Crippen molar-refractivity contribution in [3.63, 3.8) is 0 Å². The van der Waals surface area contributed by atoms with Crippen molar-refractivity contribution in [2.75, 3.05) is 20.2 Å². The van der Waals surface area contributed by atoms with Gasteiger partial charge in [-0.2, -0.15) is 0 Å². The highest BCUT2D eigenvalue weighted by Crippen LogP contribution is 2.28. The Morgan fingerprint density at radius 2 is 2.18 bits per heavy atom. The molecule has 0 saturated carbocycles. The van der Waals surface area contributed by atoms with E-state index < -0.39 is 14.9 Å². The van der Waals surface area contributed by atoms with Crippen molar-refractivity contribution >= 4 is 15.7 Å². The van der Waals surface area contributed by atoms with Crippen molar-refractivity contribution in [1.82, 2.24) is 10.0 Å². The van der Waals surface area contributed by atoms with Crippen LogP contribution in [0.1, 0.15) is 19.3 Å². The largest absolute Gasteiger partial charge is 0.495 e. The van der Waals surface area contributed by atoms with E-state index in [2.05, 4.69) is 10.0 Å². The molecule has 1 saturated heterocycles. The number of nitro benzene ring substituents is 1. The Morgan fingerprint density at radius 3 is 2.86 bits per heavy atom. The van der Waals surface area contributed by atoms with Crippen molar-refractivity contribution in [1.29, 1.82) is 0 Å². The molecule has 122 valence electrons. The molecule has 0 radical (unpaired) electrons. The second-order valence-corrected chi connectivity index (χ2v) is 6.79. The van der Waals surface area contributed by atoms with Crippen LogP contribution in [-0.2, 0) is 10.0 Å². The van der Waals surface area contributed by atoms with Crippen LogP contribution in [0, 0.1) is 10.1 Å². The zero-order valence-corrected chi connectivity index (χ0v) is 13.1. The van der Waals surface area contributed by atoms with Crippen LogP contribution in [0.15, 0.2) is 23.1 Å². The molecular weight excluding hydrogens is 310 g/mol. The topological polar surface area (TPSA) is 111 Å². The lowest BCUT2D eigenvalue weighted by molar-refractivity contribution is -0.385. The average molecular weight is 329 g/mol. The minimum absolute atomic E-state index is 0.0830. The van der Waals surface area contributed by atoms with Crippen LogP contribution in [0.2, 0.25) is 0 Å². The third-order valence-electron chi connectivity index (χ3n) is 3.52. The fourth-order valence-electron chi connectivity index (χ4n) is 2.39. The van der Waals surface area contributed by atoms with E-state index in [-0.39, 0.29) is 22.4 Å². The van der Waals surface area contributed by atoms with E-state index in [1.165, 1.54) is 19.2 Å². The van der Waals surface area contributed by atoms with Crippen LogP contribution >= 0.6 is 0 Å². The summed E-state index contributed by atoms with van der Waals surface area (Å²) in [7, 11) is -2.57. The summed E-state index contributed by atoms with van der Waals surface area (Å²) < 4.78 is 32.7. The molecule has 1 atom stereocenters.